The number of esters is 1. The summed E-state index contributed by atoms with van der Waals surface area (Å²) in [5.74, 6) is -1.02. The van der Waals surface area contributed by atoms with Crippen molar-refractivity contribution in [3.63, 3.8) is 0 Å². The average Bonchev–Trinajstić information content (AvgIpc) is 1.85. The van der Waals surface area contributed by atoms with Gasteiger partial charge in [0.25, 0.3) is 10.1 Å². The van der Waals surface area contributed by atoms with Gasteiger partial charge in [0.1, 0.15) is 12.4 Å². The van der Waals surface area contributed by atoms with E-state index in [1.54, 1.807) is 6.92 Å². The lowest BCUT2D eigenvalue weighted by Gasteiger charge is -1.99. The first kappa shape index (κ1) is 14.7. The number of carbonyl (C=O) groups is 1. The normalized spacial score (nSPS) is 10.2. The second-order valence-electron chi connectivity index (χ2n) is 1.86. The van der Waals surface area contributed by atoms with Gasteiger partial charge in [0.15, 0.2) is 0 Å². The monoisotopic (exact) mass is 208 g/mol. The van der Waals surface area contributed by atoms with Gasteiger partial charge in [-0.15, -0.1) is 0 Å². The number of carbonyl (C=O) groups excluding carboxylic acids is 1. The van der Waals surface area contributed by atoms with Crippen LogP contribution in [0, 0.1) is 0 Å². The summed E-state index contributed by atoms with van der Waals surface area (Å²) in [5, 5.41) is 0. The Morgan fingerprint density at radius 2 is 2.00 bits per heavy atom. The highest BCUT2D eigenvalue weighted by atomic mass is 32.2. The molecule has 0 aromatic carbocycles. The molecule has 70 valence electrons. The van der Waals surface area contributed by atoms with Gasteiger partial charge >= 0.3 is 29.0 Å². The maximum absolute atomic E-state index is 10.4. The fourth-order valence-corrected chi connectivity index (χ4v) is 0.657. The van der Waals surface area contributed by atoms with Crippen LogP contribution < -0.4 is 0 Å². The lowest BCUT2D eigenvalue weighted by atomic mass is 10.5. The predicted octanol–water partition coefficient (Wildman–Crippen LogP) is -1.09. The minimum atomic E-state index is -4.01. The first-order valence-electron chi connectivity index (χ1n) is 3.06. The first-order valence-corrected chi connectivity index (χ1v) is 4.67. The zero-order valence-corrected chi connectivity index (χ0v) is 6.93. The average molecular weight is 209 g/mol. The molecule has 7 heteroatoms. The van der Waals surface area contributed by atoms with Crippen LogP contribution in [0.25, 0.3) is 0 Å². The third-order valence-corrected chi connectivity index (χ3v) is 1.58. The van der Waals surface area contributed by atoms with E-state index in [0.29, 0.717) is 0 Å². The molecule has 5 nitrogen and oxygen atoms in total. The summed E-state index contributed by atoms with van der Waals surface area (Å²) in [6.07, 6.45) is 0.200. The maximum atomic E-state index is 10.4. The third kappa shape index (κ3) is 10.1. The largest absolute Gasteiger partial charge is 0.465 e. The molecule has 0 saturated carbocycles. The molecule has 0 unspecified atom stereocenters. The number of rotatable bonds is 4. The van der Waals surface area contributed by atoms with Crippen molar-refractivity contribution in [2.24, 2.45) is 0 Å². The molecule has 0 aliphatic rings. The molecule has 0 spiro atoms. The van der Waals surface area contributed by atoms with Crippen LogP contribution in [0.15, 0.2) is 0 Å². The van der Waals surface area contributed by atoms with E-state index in [4.69, 9.17) is 4.55 Å². The SMILES string of the molecule is CCC(=O)OCCS(=O)(=O)O.[MgH2]. The van der Waals surface area contributed by atoms with Gasteiger partial charge in [-0.05, 0) is 0 Å². The van der Waals surface area contributed by atoms with Crippen molar-refractivity contribution in [2.45, 2.75) is 13.3 Å². The van der Waals surface area contributed by atoms with Crippen molar-refractivity contribution in [1.82, 2.24) is 0 Å². The molecule has 0 aromatic heterocycles. The molecule has 0 rings (SSSR count). The van der Waals surface area contributed by atoms with Gasteiger partial charge in [-0.1, -0.05) is 6.92 Å². The van der Waals surface area contributed by atoms with E-state index in [-0.39, 0.29) is 36.1 Å². The Morgan fingerprint density at radius 3 is 2.33 bits per heavy atom. The summed E-state index contributed by atoms with van der Waals surface area (Å²) in [6.45, 7) is 1.31. The molecule has 0 radical (unpaired) electrons. The molecule has 0 bridgehead atoms. The Hall–Kier alpha value is 0.146. The van der Waals surface area contributed by atoms with Gasteiger partial charge in [-0.25, -0.2) is 0 Å². The molecule has 12 heavy (non-hydrogen) atoms. The summed E-state index contributed by atoms with van der Waals surface area (Å²) in [4.78, 5) is 10.4. The Bertz CT molecular complexity index is 222. The molecule has 0 aromatic rings. The fraction of sp³-hybridized carbons (Fsp3) is 0.800. The highest BCUT2D eigenvalue weighted by Crippen LogP contribution is 1.87. The van der Waals surface area contributed by atoms with E-state index in [0.717, 1.165) is 0 Å². The fourth-order valence-electron chi connectivity index (χ4n) is 0.363. The van der Waals surface area contributed by atoms with Crippen molar-refractivity contribution < 1.29 is 22.5 Å². The lowest BCUT2D eigenvalue weighted by molar-refractivity contribution is -0.142. The molecular weight excluding hydrogens is 196 g/mol. The summed E-state index contributed by atoms with van der Waals surface area (Å²) >= 11 is 0. The molecule has 0 aliphatic heterocycles. The Labute approximate surface area is 87.4 Å². The zero-order valence-electron chi connectivity index (χ0n) is 6.11. The van der Waals surface area contributed by atoms with E-state index >= 15 is 0 Å². The van der Waals surface area contributed by atoms with Crippen LogP contribution in [0.4, 0.5) is 0 Å². The minimum Gasteiger partial charge on any atom is -0.465 e. The molecule has 0 saturated heterocycles. The van der Waals surface area contributed by atoms with Crippen molar-refractivity contribution >= 4 is 39.1 Å². The lowest BCUT2D eigenvalue weighted by Crippen LogP contribution is -2.13. The van der Waals surface area contributed by atoms with E-state index in [2.05, 4.69) is 4.74 Å². The van der Waals surface area contributed by atoms with Gasteiger partial charge in [0.05, 0.1) is 0 Å². The molecule has 1 N–H and O–H groups in total. The van der Waals surface area contributed by atoms with Crippen molar-refractivity contribution in [2.75, 3.05) is 12.4 Å². The van der Waals surface area contributed by atoms with Gasteiger partial charge in [0, 0.05) is 6.42 Å². The van der Waals surface area contributed by atoms with E-state index in [1.807, 2.05) is 0 Å². The highest BCUT2D eigenvalue weighted by Gasteiger charge is 2.05. The summed E-state index contributed by atoms with van der Waals surface area (Å²) < 4.78 is 32.7. The van der Waals surface area contributed by atoms with Crippen LogP contribution in [0.1, 0.15) is 13.3 Å². The molecule has 0 fully saturated rings. The second kappa shape index (κ2) is 6.64. The standard InChI is InChI=1S/C5H10O5S.Mg.2H/c1-2-5(6)10-3-4-11(7,8)9;;;/h2-4H2,1H3,(H,7,8,9);;;. The van der Waals surface area contributed by atoms with Gasteiger partial charge in [0.2, 0.25) is 0 Å². The first-order chi connectivity index (χ1) is 4.95. The van der Waals surface area contributed by atoms with E-state index < -0.39 is 21.8 Å². The molecule has 0 amide bonds. The van der Waals surface area contributed by atoms with Crippen LogP contribution in [0.5, 0.6) is 0 Å². The highest BCUT2D eigenvalue weighted by molar-refractivity contribution is 7.85. The minimum absolute atomic E-state index is 0. The zero-order chi connectivity index (χ0) is 8.91. The maximum Gasteiger partial charge on any atom is 0.316 e. The van der Waals surface area contributed by atoms with Gasteiger partial charge < -0.3 is 4.74 Å². The Kier molecular flexibility index (Phi) is 8.11. The Balaban J connectivity index is 0. The van der Waals surface area contributed by atoms with E-state index in [9.17, 15) is 13.2 Å². The van der Waals surface area contributed by atoms with Crippen LogP contribution in [-0.2, 0) is 19.6 Å². The molecular formula is C5H12MgO5S. The predicted molar refractivity (Wildman–Crippen MR) is 46.2 cm³/mol. The molecule has 0 heterocycles. The quantitative estimate of drug-likeness (QED) is 0.361. The second-order valence-corrected chi connectivity index (χ2v) is 3.43. The summed E-state index contributed by atoms with van der Waals surface area (Å²) in [7, 11) is -4.01. The Morgan fingerprint density at radius 1 is 1.50 bits per heavy atom. The van der Waals surface area contributed by atoms with Crippen LogP contribution in [0.3, 0.4) is 0 Å². The van der Waals surface area contributed by atoms with Crippen LogP contribution in [0.2, 0.25) is 0 Å². The number of ether oxygens (including phenoxy) is 1. The van der Waals surface area contributed by atoms with Crippen LogP contribution in [-0.4, -0.2) is 54.4 Å². The van der Waals surface area contributed by atoms with Crippen molar-refractivity contribution in [3.8, 4) is 0 Å². The van der Waals surface area contributed by atoms with Crippen molar-refractivity contribution in [3.05, 3.63) is 0 Å². The van der Waals surface area contributed by atoms with E-state index in [1.165, 1.54) is 0 Å². The summed E-state index contributed by atoms with van der Waals surface area (Å²) in [5.41, 5.74) is 0. The third-order valence-electron chi connectivity index (χ3n) is 0.893. The van der Waals surface area contributed by atoms with Gasteiger partial charge in [-0.2, -0.15) is 8.42 Å². The van der Waals surface area contributed by atoms with Gasteiger partial charge in [-0.3, -0.25) is 9.35 Å². The topological polar surface area (TPSA) is 80.7 Å². The molecule has 0 atom stereocenters. The number of hydrogen-bond acceptors (Lipinski definition) is 4. The molecule has 0 aliphatic carbocycles. The smallest absolute Gasteiger partial charge is 0.316 e. The van der Waals surface area contributed by atoms with Crippen molar-refractivity contribution in [1.29, 1.82) is 0 Å². The number of hydrogen-bond donors (Lipinski definition) is 1. The summed E-state index contributed by atoms with van der Waals surface area (Å²) in [6, 6.07) is 0. The van der Waals surface area contributed by atoms with Crippen LogP contribution >= 0.6 is 0 Å².